The van der Waals surface area contributed by atoms with Crippen LogP contribution in [0.1, 0.15) is 40.2 Å². The maximum atomic E-state index is 13.0. The van der Waals surface area contributed by atoms with E-state index in [0.717, 1.165) is 27.6 Å². The SMILES string of the molecule is CC(C(=O)Nc1n[nH]c2c1CN(C(=O)c1ccco1)CC2)c1ccc2ccccc2c1. The normalized spacial score (nSPS) is 14.3. The maximum Gasteiger partial charge on any atom is 0.289 e. The van der Waals surface area contributed by atoms with Crippen molar-refractivity contribution in [1.82, 2.24) is 15.1 Å². The van der Waals surface area contributed by atoms with Gasteiger partial charge in [-0.05, 0) is 35.4 Å². The number of furan rings is 1. The third-order valence-electron chi connectivity index (χ3n) is 5.86. The van der Waals surface area contributed by atoms with Crippen LogP contribution in [0.25, 0.3) is 10.8 Å². The van der Waals surface area contributed by atoms with Gasteiger partial charge in [-0.3, -0.25) is 14.7 Å². The molecule has 0 radical (unpaired) electrons. The van der Waals surface area contributed by atoms with Crippen LogP contribution in [0.2, 0.25) is 0 Å². The Kier molecular flexibility index (Phi) is 4.78. The summed E-state index contributed by atoms with van der Waals surface area (Å²) in [6, 6.07) is 17.5. The van der Waals surface area contributed by atoms with E-state index >= 15 is 0 Å². The fourth-order valence-corrected chi connectivity index (χ4v) is 3.98. The Hall–Kier alpha value is -3.87. The summed E-state index contributed by atoms with van der Waals surface area (Å²) in [7, 11) is 0. The number of hydrogen-bond acceptors (Lipinski definition) is 4. The molecule has 5 rings (SSSR count). The van der Waals surface area contributed by atoms with E-state index in [1.54, 1.807) is 17.0 Å². The van der Waals surface area contributed by atoms with Crippen molar-refractivity contribution < 1.29 is 14.0 Å². The largest absolute Gasteiger partial charge is 0.459 e. The number of hydrogen-bond donors (Lipinski definition) is 2. The van der Waals surface area contributed by atoms with Crippen molar-refractivity contribution >= 4 is 28.4 Å². The summed E-state index contributed by atoms with van der Waals surface area (Å²) in [6.07, 6.45) is 2.13. The van der Waals surface area contributed by atoms with Crippen LogP contribution in [0.15, 0.2) is 65.3 Å². The van der Waals surface area contributed by atoms with E-state index in [4.69, 9.17) is 4.42 Å². The van der Waals surface area contributed by atoms with Crippen LogP contribution in [0.5, 0.6) is 0 Å². The van der Waals surface area contributed by atoms with Crippen LogP contribution >= 0.6 is 0 Å². The number of amides is 2. The van der Waals surface area contributed by atoms with Crippen LogP contribution < -0.4 is 5.32 Å². The van der Waals surface area contributed by atoms with Gasteiger partial charge in [0.2, 0.25) is 5.91 Å². The summed E-state index contributed by atoms with van der Waals surface area (Å²) in [5.74, 6) is 0.131. The van der Waals surface area contributed by atoms with Gasteiger partial charge in [0, 0.05) is 24.2 Å². The second-order valence-corrected chi connectivity index (χ2v) is 7.80. The molecule has 2 N–H and O–H groups in total. The molecule has 2 aromatic heterocycles. The van der Waals surface area contributed by atoms with Gasteiger partial charge in [-0.15, -0.1) is 0 Å². The van der Waals surface area contributed by atoms with Gasteiger partial charge in [-0.25, -0.2) is 0 Å². The van der Waals surface area contributed by atoms with Crippen LogP contribution in [0.4, 0.5) is 5.82 Å². The molecule has 7 nitrogen and oxygen atoms in total. The zero-order valence-electron chi connectivity index (χ0n) is 17.1. The molecule has 1 atom stereocenters. The number of rotatable bonds is 4. The first-order valence-corrected chi connectivity index (χ1v) is 10.3. The highest BCUT2D eigenvalue weighted by molar-refractivity contribution is 5.97. The standard InChI is InChI=1S/C24H22N4O3/c1-15(17-9-8-16-5-2-3-6-18(16)13-17)23(29)25-22-19-14-28(11-10-20(19)26-27-22)24(30)21-7-4-12-31-21/h2-9,12-13,15H,10-11,14H2,1H3,(H2,25,26,27,29). The Morgan fingerprint density at radius 3 is 2.77 bits per heavy atom. The molecule has 1 aliphatic heterocycles. The van der Waals surface area contributed by atoms with Crippen LogP contribution in [-0.2, 0) is 17.8 Å². The lowest BCUT2D eigenvalue weighted by Gasteiger charge is -2.26. The number of fused-ring (bicyclic) bond motifs is 2. The van der Waals surface area contributed by atoms with E-state index in [9.17, 15) is 9.59 Å². The molecule has 7 heteroatoms. The number of nitrogens with zero attached hydrogens (tertiary/aromatic N) is 2. The first-order chi connectivity index (χ1) is 15.1. The number of nitrogens with one attached hydrogen (secondary N) is 2. The zero-order valence-corrected chi connectivity index (χ0v) is 17.1. The second-order valence-electron chi connectivity index (χ2n) is 7.80. The van der Waals surface area contributed by atoms with E-state index in [-0.39, 0.29) is 17.7 Å². The minimum Gasteiger partial charge on any atom is -0.459 e. The molecule has 3 heterocycles. The lowest BCUT2D eigenvalue weighted by atomic mass is 9.97. The Bertz CT molecular complexity index is 1260. The van der Waals surface area contributed by atoms with Crippen molar-refractivity contribution in [1.29, 1.82) is 0 Å². The van der Waals surface area contributed by atoms with Gasteiger partial charge >= 0.3 is 0 Å². The lowest BCUT2D eigenvalue weighted by molar-refractivity contribution is -0.117. The van der Waals surface area contributed by atoms with E-state index in [1.807, 2.05) is 43.3 Å². The number of carbonyl (C=O) groups is 2. The average molecular weight is 414 g/mol. The number of benzene rings is 2. The van der Waals surface area contributed by atoms with E-state index < -0.39 is 0 Å². The summed E-state index contributed by atoms with van der Waals surface area (Å²) in [5.41, 5.74) is 2.72. The van der Waals surface area contributed by atoms with Crippen molar-refractivity contribution in [2.45, 2.75) is 25.8 Å². The first kappa shape index (κ1) is 19.1. The van der Waals surface area contributed by atoms with Crippen LogP contribution in [0, 0.1) is 0 Å². The molecule has 0 saturated heterocycles. The summed E-state index contributed by atoms with van der Waals surface area (Å²) in [6.45, 7) is 2.81. The highest BCUT2D eigenvalue weighted by Gasteiger charge is 2.28. The summed E-state index contributed by atoms with van der Waals surface area (Å²) in [4.78, 5) is 27.3. The van der Waals surface area contributed by atoms with E-state index in [2.05, 4.69) is 21.6 Å². The fraction of sp³-hybridized carbons (Fsp3) is 0.208. The molecule has 1 aliphatic rings. The topological polar surface area (TPSA) is 91.2 Å². The molecule has 0 aliphatic carbocycles. The highest BCUT2D eigenvalue weighted by Crippen LogP contribution is 2.27. The van der Waals surface area contributed by atoms with Crippen molar-refractivity contribution in [2.24, 2.45) is 0 Å². The Balaban J connectivity index is 1.33. The number of carbonyl (C=O) groups excluding carboxylic acids is 2. The lowest BCUT2D eigenvalue weighted by Crippen LogP contribution is -2.36. The smallest absolute Gasteiger partial charge is 0.289 e. The summed E-state index contributed by atoms with van der Waals surface area (Å²) in [5, 5.41) is 12.5. The van der Waals surface area contributed by atoms with Gasteiger partial charge in [-0.1, -0.05) is 42.5 Å². The van der Waals surface area contributed by atoms with Crippen molar-refractivity contribution in [3.05, 3.63) is 83.4 Å². The fourth-order valence-electron chi connectivity index (χ4n) is 3.98. The molecule has 0 fully saturated rings. The van der Waals surface area contributed by atoms with Crippen molar-refractivity contribution in [3.63, 3.8) is 0 Å². The molecule has 4 aromatic rings. The monoisotopic (exact) mass is 414 g/mol. The third-order valence-corrected chi connectivity index (χ3v) is 5.86. The molecule has 31 heavy (non-hydrogen) atoms. The maximum absolute atomic E-state index is 13.0. The highest BCUT2D eigenvalue weighted by atomic mass is 16.3. The quantitative estimate of drug-likeness (QED) is 0.526. The average Bonchev–Trinajstić information content (AvgIpc) is 3.48. The molecule has 156 valence electrons. The van der Waals surface area contributed by atoms with Crippen LogP contribution in [-0.4, -0.2) is 33.5 Å². The van der Waals surface area contributed by atoms with Gasteiger partial charge in [0.05, 0.1) is 18.7 Å². The van der Waals surface area contributed by atoms with Gasteiger partial charge in [0.1, 0.15) is 0 Å². The number of aromatic amines is 1. The van der Waals surface area contributed by atoms with E-state index in [1.165, 1.54) is 6.26 Å². The van der Waals surface area contributed by atoms with Gasteiger partial charge < -0.3 is 14.6 Å². The Morgan fingerprint density at radius 1 is 1.13 bits per heavy atom. The molecule has 0 spiro atoms. The molecule has 0 bridgehead atoms. The third kappa shape index (κ3) is 3.59. The molecule has 1 unspecified atom stereocenters. The molecular weight excluding hydrogens is 392 g/mol. The van der Waals surface area contributed by atoms with Crippen molar-refractivity contribution in [3.8, 4) is 0 Å². The second kappa shape index (κ2) is 7.75. The molecule has 0 saturated carbocycles. The molecule has 2 aromatic carbocycles. The predicted molar refractivity (Wildman–Crippen MR) is 117 cm³/mol. The van der Waals surface area contributed by atoms with Gasteiger partial charge in [0.25, 0.3) is 5.91 Å². The van der Waals surface area contributed by atoms with Crippen LogP contribution in [0.3, 0.4) is 0 Å². The zero-order chi connectivity index (χ0) is 21.4. The first-order valence-electron chi connectivity index (χ1n) is 10.3. The number of H-pyrrole nitrogens is 1. The predicted octanol–water partition coefficient (Wildman–Crippen LogP) is 4.10. The Labute approximate surface area is 179 Å². The number of aromatic nitrogens is 2. The minimum absolute atomic E-state index is 0.140. The van der Waals surface area contributed by atoms with Gasteiger partial charge in [0.15, 0.2) is 11.6 Å². The number of anilines is 1. The summed E-state index contributed by atoms with van der Waals surface area (Å²) < 4.78 is 5.24. The Morgan fingerprint density at radius 2 is 1.97 bits per heavy atom. The van der Waals surface area contributed by atoms with Crippen molar-refractivity contribution in [2.75, 3.05) is 11.9 Å². The minimum atomic E-state index is -0.346. The van der Waals surface area contributed by atoms with E-state index in [0.29, 0.717) is 31.1 Å². The molecule has 2 amide bonds. The molecular formula is C24H22N4O3. The summed E-state index contributed by atoms with van der Waals surface area (Å²) >= 11 is 0. The van der Waals surface area contributed by atoms with Gasteiger partial charge in [-0.2, -0.15) is 5.10 Å².